The average Bonchev–Trinajstić information content (AvgIpc) is 2.40. The fourth-order valence-corrected chi connectivity index (χ4v) is 1.73. The number of hydrogen-bond acceptors (Lipinski definition) is 2. The van der Waals surface area contributed by atoms with Gasteiger partial charge in [0.05, 0.1) is 12.4 Å². The quantitative estimate of drug-likeness (QED) is 0.566. The van der Waals surface area contributed by atoms with E-state index in [-0.39, 0.29) is 63.7 Å². The summed E-state index contributed by atoms with van der Waals surface area (Å²) >= 11 is 0. The van der Waals surface area contributed by atoms with Gasteiger partial charge in [0.25, 0.3) is 0 Å². The summed E-state index contributed by atoms with van der Waals surface area (Å²) in [4.78, 5) is 3.84. The molecule has 0 fully saturated rings. The Bertz CT molecular complexity index is 580. The van der Waals surface area contributed by atoms with Gasteiger partial charge in [0.2, 0.25) is 0 Å². The van der Waals surface area contributed by atoms with Crippen molar-refractivity contribution in [3.63, 3.8) is 0 Å². The molecule has 1 aromatic carbocycles. The van der Waals surface area contributed by atoms with E-state index in [1.165, 1.54) is 0 Å². The van der Waals surface area contributed by atoms with Crippen LogP contribution in [0.25, 0.3) is 0 Å². The fourth-order valence-electron chi connectivity index (χ4n) is 1.73. The Hall–Kier alpha value is -0.409. The smallest absolute Gasteiger partial charge is 0.496 e. The Morgan fingerprint density at radius 3 is 2.33 bits per heavy atom. The van der Waals surface area contributed by atoms with Crippen LogP contribution in [0.5, 0.6) is 5.75 Å². The van der Waals surface area contributed by atoms with Crippen molar-refractivity contribution < 1.29 is 73.5 Å². The van der Waals surface area contributed by atoms with Gasteiger partial charge in [0, 0.05) is 18.8 Å². The minimum atomic E-state index is -5.31. The van der Waals surface area contributed by atoms with E-state index in [2.05, 4.69) is 4.98 Å². The van der Waals surface area contributed by atoms with Crippen LogP contribution >= 0.6 is 0 Å². The predicted molar refractivity (Wildman–Crippen MR) is 68.5 cm³/mol. The van der Waals surface area contributed by atoms with Crippen molar-refractivity contribution in [1.29, 1.82) is 0 Å². The fraction of sp³-hybridized carbons (Fsp3) is 0.154. The van der Waals surface area contributed by atoms with E-state index in [0.717, 1.165) is 17.7 Å². The maximum atomic E-state index is 12.9. The second-order valence-corrected chi connectivity index (χ2v) is 4.21. The summed E-state index contributed by atoms with van der Waals surface area (Å²) in [7, 11) is 0. The monoisotopic (exact) mass is 323 g/mol. The van der Waals surface area contributed by atoms with E-state index in [1.54, 1.807) is 24.5 Å². The molecule has 1 aromatic heterocycles. The number of aromatic nitrogens is 1. The maximum Gasteiger partial charge on any atom is 1.00 e. The van der Waals surface area contributed by atoms with Gasteiger partial charge in [-0.15, -0.1) is 0 Å². The van der Waals surface area contributed by atoms with Crippen molar-refractivity contribution >= 4 is 12.4 Å². The molecule has 0 aliphatic rings. The third kappa shape index (κ3) is 5.71. The first-order valence-electron chi connectivity index (χ1n) is 5.98. The van der Waals surface area contributed by atoms with E-state index in [9.17, 15) is 17.3 Å². The number of halogens is 4. The number of benzene rings is 1. The van der Waals surface area contributed by atoms with E-state index in [4.69, 9.17) is 4.74 Å². The van der Waals surface area contributed by atoms with E-state index in [0.29, 0.717) is 12.5 Å². The Kier molecular flexibility index (Phi) is 7.35. The minimum absolute atomic E-state index is 0. The molecule has 0 N–H and O–H groups in total. The van der Waals surface area contributed by atoms with Gasteiger partial charge in [0.1, 0.15) is 5.82 Å². The molecule has 1 heterocycles. The van der Waals surface area contributed by atoms with Crippen LogP contribution in [0.4, 0.5) is 17.3 Å². The Morgan fingerprint density at radius 1 is 1.05 bits per heavy atom. The van der Waals surface area contributed by atoms with Crippen LogP contribution in [0.2, 0.25) is 0 Å². The van der Waals surface area contributed by atoms with Gasteiger partial charge in [-0.2, -0.15) is 0 Å². The maximum absolute atomic E-state index is 12.9. The predicted octanol–water partition coefficient (Wildman–Crippen LogP) is -0.0994. The van der Waals surface area contributed by atoms with Crippen LogP contribution in [0.3, 0.4) is 0 Å². The molecule has 0 saturated carbocycles. The Morgan fingerprint density at radius 2 is 1.71 bits per heavy atom. The first-order valence-corrected chi connectivity index (χ1v) is 5.98. The van der Waals surface area contributed by atoms with Gasteiger partial charge >= 0.3 is 58.4 Å². The Labute approximate surface area is 162 Å². The van der Waals surface area contributed by atoms with Crippen LogP contribution in [-0.4, -0.2) is 18.6 Å². The molecular formula is C13H11BF4KNO. The number of ether oxygens (including phenoxy) is 1. The molecule has 21 heavy (non-hydrogen) atoms. The number of nitrogens with zero attached hydrogens (tertiary/aromatic N) is 1. The topological polar surface area (TPSA) is 22.1 Å². The van der Waals surface area contributed by atoms with Gasteiger partial charge in [-0.3, -0.25) is 4.98 Å². The average molecular weight is 323 g/mol. The molecule has 0 radical (unpaired) electrons. The van der Waals surface area contributed by atoms with Crippen LogP contribution in [0, 0.1) is 5.82 Å². The standard InChI is InChI=1S/C13H11BF4NO.K/c15-11-1-2-13(12(9-11)14(16,17)18)20-8-5-10-3-6-19-7-4-10;/h1-4,6-7,9H,5,8H2;/q-1;+1. The van der Waals surface area contributed by atoms with Crippen molar-refractivity contribution in [1.82, 2.24) is 4.98 Å². The summed E-state index contributed by atoms with van der Waals surface area (Å²) in [5.74, 6) is -1.27. The molecule has 0 bridgehead atoms. The molecule has 0 aliphatic carbocycles. The van der Waals surface area contributed by atoms with Gasteiger partial charge in [-0.25, -0.2) is 4.39 Å². The number of pyridine rings is 1. The first-order chi connectivity index (χ1) is 9.47. The molecule has 0 saturated heterocycles. The van der Waals surface area contributed by atoms with Crippen molar-refractivity contribution in [3.8, 4) is 5.75 Å². The molecular weight excluding hydrogens is 312 g/mol. The van der Waals surface area contributed by atoms with Crippen LogP contribution < -0.4 is 61.6 Å². The zero-order valence-corrected chi connectivity index (χ0v) is 14.5. The first kappa shape index (κ1) is 18.6. The largest absolute Gasteiger partial charge is 1.00 e. The van der Waals surface area contributed by atoms with Gasteiger partial charge in [0.15, 0.2) is 0 Å². The molecule has 0 atom stereocenters. The van der Waals surface area contributed by atoms with Crippen molar-refractivity contribution in [2.45, 2.75) is 6.42 Å². The zero-order valence-electron chi connectivity index (χ0n) is 11.4. The minimum Gasteiger partial charge on any atom is -0.496 e. The van der Waals surface area contributed by atoms with E-state index >= 15 is 0 Å². The van der Waals surface area contributed by atoms with Crippen molar-refractivity contribution in [3.05, 3.63) is 54.1 Å². The van der Waals surface area contributed by atoms with E-state index < -0.39 is 18.3 Å². The molecule has 8 heteroatoms. The second-order valence-electron chi connectivity index (χ2n) is 4.21. The Balaban J connectivity index is 0.00000220. The summed E-state index contributed by atoms with van der Waals surface area (Å²) in [5, 5.41) is 0. The zero-order chi connectivity index (χ0) is 14.6. The molecule has 0 amide bonds. The van der Waals surface area contributed by atoms with Crippen LogP contribution in [0.15, 0.2) is 42.7 Å². The van der Waals surface area contributed by atoms with Gasteiger partial charge < -0.3 is 17.7 Å². The van der Waals surface area contributed by atoms with E-state index in [1.807, 2.05) is 0 Å². The van der Waals surface area contributed by atoms with Gasteiger partial charge in [-0.05, 0) is 35.9 Å². The molecule has 2 rings (SSSR count). The summed E-state index contributed by atoms with van der Waals surface area (Å²) in [6.07, 6.45) is 3.64. The van der Waals surface area contributed by atoms with Crippen LogP contribution in [0.1, 0.15) is 5.56 Å². The van der Waals surface area contributed by atoms with Crippen molar-refractivity contribution in [2.75, 3.05) is 6.61 Å². The molecule has 2 aromatic rings. The molecule has 0 spiro atoms. The third-order valence-corrected chi connectivity index (χ3v) is 2.72. The number of rotatable bonds is 5. The third-order valence-electron chi connectivity index (χ3n) is 2.72. The molecule has 0 unspecified atom stereocenters. The molecule has 106 valence electrons. The normalized spacial score (nSPS) is 10.9. The SMILES string of the molecule is Fc1ccc(OCCc2ccncc2)c([B-](F)(F)F)c1.[K+]. The van der Waals surface area contributed by atoms with Gasteiger partial charge in [-0.1, -0.05) is 5.46 Å². The number of hydrogen-bond donors (Lipinski definition) is 0. The molecule has 2 nitrogen and oxygen atoms in total. The van der Waals surface area contributed by atoms with Crippen molar-refractivity contribution in [2.24, 2.45) is 0 Å². The summed E-state index contributed by atoms with van der Waals surface area (Å²) in [6.45, 7) is -5.23. The summed E-state index contributed by atoms with van der Waals surface area (Å²) in [5.41, 5.74) is -0.138. The summed E-state index contributed by atoms with van der Waals surface area (Å²) < 4.78 is 56.4. The van der Waals surface area contributed by atoms with Crippen LogP contribution in [-0.2, 0) is 6.42 Å². The summed E-state index contributed by atoms with van der Waals surface area (Å²) in [6, 6.07) is 5.92. The second kappa shape index (κ2) is 8.28. The molecule has 0 aliphatic heterocycles.